The van der Waals surface area contributed by atoms with Gasteiger partial charge in [0.25, 0.3) is 0 Å². The van der Waals surface area contributed by atoms with Gasteiger partial charge in [0.15, 0.2) is 10.9 Å². The number of hydrogen-bond acceptors (Lipinski definition) is 7. The second-order valence-electron chi connectivity index (χ2n) is 10.7. The van der Waals surface area contributed by atoms with Gasteiger partial charge in [0.2, 0.25) is 5.91 Å². The average molecular weight is 508 g/mol. The highest BCUT2D eigenvalue weighted by atomic mass is 32.1. The maximum atomic E-state index is 12.8. The smallest absolute Gasteiger partial charge is 0.314 e. The van der Waals surface area contributed by atoms with E-state index in [4.69, 9.17) is 0 Å². The van der Waals surface area contributed by atoms with E-state index in [2.05, 4.69) is 27.4 Å². The van der Waals surface area contributed by atoms with Crippen LogP contribution in [0.3, 0.4) is 0 Å². The van der Waals surface area contributed by atoms with Crippen LogP contribution < -0.4 is 5.32 Å². The summed E-state index contributed by atoms with van der Waals surface area (Å²) in [6.45, 7) is 4.28. The van der Waals surface area contributed by atoms with E-state index in [1.165, 1.54) is 28.7 Å². The first-order valence-corrected chi connectivity index (χ1v) is 13.3. The molecule has 0 bridgehead atoms. The van der Waals surface area contributed by atoms with Crippen molar-refractivity contribution in [3.8, 4) is 5.75 Å². The van der Waals surface area contributed by atoms with Crippen molar-refractivity contribution in [2.45, 2.75) is 69.6 Å². The number of amides is 1. The zero-order valence-corrected chi connectivity index (χ0v) is 21.1. The Kier molecular flexibility index (Phi) is 5.40. The standard InChI is InChI=1S/C26H29N5O4S/c1-13-11-27-25(36-13)29-21(33)8-6-17-19-12-28-30-24(19)26(2)10-9-15-14-5-7-20(32)23(31(34)35)18(14)4-3-16(15)22(17)26/h5,7,11-12,15-17,22,32H,3-4,6,8-10H2,1-2H3,(H,28,30)(H,27,29,33). The number of fused-ring (bicyclic) bond motifs is 7. The van der Waals surface area contributed by atoms with Crippen LogP contribution >= 0.6 is 11.3 Å². The third kappa shape index (κ3) is 3.45. The fourth-order valence-corrected chi connectivity index (χ4v) is 8.25. The molecule has 0 saturated heterocycles. The lowest BCUT2D eigenvalue weighted by Crippen LogP contribution is -2.44. The quantitative estimate of drug-likeness (QED) is 0.316. The van der Waals surface area contributed by atoms with Gasteiger partial charge in [-0.25, -0.2) is 4.98 Å². The van der Waals surface area contributed by atoms with Crippen LogP contribution in [0.25, 0.3) is 0 Å². The number of anilines is 1. The van der Waals surface area contributed by atoms with Gasteiger partial charge in [0.1, 0.15) is 0 Å². The van der Waals surface area contributed by atoms with Crippen molar-refractivity contribution in [2.75, 3.05) is 5.32 Å². The molecular formula is C26H29N5O4S. The van der Waals surface area contributed by atoms with Crippen LogP contribution in [0.15, 0.2) is 24.5 Å². The summed E-state index contributed by atoms with van der Waals surface area (Å²) in [5, 5.41) is 33.1. The van der Waals surface area contributed by atoms with E-state index in [9.17, 15) is 20.0 Å². The molecule has 3 aliphatic carbocycles. The van der Waals surface area contributed by atoms with Gasteiger partial charge in [-0.15, -0.1) is 11.3 Å². The molecule has 188 valence electrons. The molecule has 3 aromatic rings. The van der Waals surface area contributed by atoms with Crippen LogP contribution in [0.2, 0.25) is 0 Å². The Balaban J connectivity index is 1.30. The van der Waals surface area contributed by atoms with Gasteiger partial charge >= 0.3 is 5.69 Å². The van der Waals surface area contributed by atoms with Crippen LogP contribution in [0.1, 0.15) is 78.1 Å². The number of aromatic nitrogens is 3. The van der Waals surface area contributed by atoms with E-state index in [1.54, 1.807) is 6.20 Å². The largest absolute Gasteiger partial charge is 0.502 e. The predicted molar refractivity (Wildman–Crippen MR) is 135 cm³/mol. The van der Waals surface area contributed by atoms with Crippen molar-refractivity contribution in [1.29, 1.82) is 0 Å². The Bertz CT molecular complexity index is 1370. The number of hydrogen-bond donors (Lipinski definition) is 3. The summed E-state index contributed by atoms with van der Waals surface area (Å²) < 4.78 is 0. The van der Waals surface area contributed by atoms with Crippen molar-refractivity contribution in [3.05, 3.63) is 61.9 Å². The van der Waals surface area contributed by atoms with Gasteiger partial charge in [0, 0.05) is 34.2 Å². The van der Waals surface area contributed by atoms with E-state index >= 15 is 0 Å². The first-order valence-electron chi connectivity index (χ1n) is 12.5. The lowest BCUT2D eigenvalue weighted by Gasteiger charge is -2.50. The predicted octanol–water partition coefficient (Wildman–Crippen LogP) is 5.32. The van der Waals surface area contributed by atoms with Crippen LogP contribution in [0.5, 0.6) is 5.75 Å². The Morgan fingerprint density at radius 3 is 2.92 bits per heavy atom. The minimum Gasteiger partial charge on any atom is -0.502 e. The zero-order chi connectivity index (χ0) is 25.2. The van der Waals surface area contributed by atoms with Gasteiger partial charge in [-0.05, 0) is 79.9 Å². The first kappa shape index (κ1) is 23.1. The third-order valence-corrected chi connectivity index (χ3v) is 9.75. The number of nitro groups is 1. The van der Waals surface area contributed by atoms with E-state index in [-0.39, 0.29) is 34.6 Å². The summed E-state index contributed by atoms with van der Waals surface area (Å²) >= 11 is 1.47. The fraction of sp³-hybridized carbons (Fsp3) is 0.500. The second kappa shape index (κ2) is 8.40. The van der Waals surface area contributed by atoms with Crippen molar-refractivity contribution < 1.29 is 14.8 Å². The monoisotopic (exact) mass is 507 g/mol. The molecule has 10 heteroatoms. The summed E-state index contributed by atoms with van der Waals surface area (Å²) in [6, 6.07) is 3.38. The number of nitro benzene ring substituents is 1. The molecule has 3 N–H and O–H groups in total. The molecule has 1 saturated carbocycles. The number of phenolic OH excluding ortho intramolecular Hbond substituents is 1. The van der Waals surface area contributed by atoms with Crippen molar-refractivity contribution >= 4 is 28.1 Å². The summed E-state index contributed by atoms with van der Waals surface area (Å²) in [5.41, 5.74) is 3.91. The van der Waals surface area contributed by atoms with E-state index in [0.717, 1.165) is 36.1 Å². The molecule has 6 rings (SSSR count). The Morgan fingerprint density at radius 2 is 2.17 bits per heavy atom. The molecular weight excluding hydrogens is 478 g/mol. The van der Waals surface area contributed by atoms with E-state index < -0.39 is 4.92 Å². The summed E-state index contributed by atoms with van der Waals surface area (Å²) in [4.78, 5) is 29.4. The molecule has 2 aromatic heterocycles. The lowest BCUT2D eigenvalue weighted by molar-refractivity contribution is -0.386. The van der Waals surface area contributed by atoms with Gasteiger partial charge in [-0.3, -0.25) is 20.0 Å². The molecule has 9 nitrogen and oxygen atoms in total. The topological polar surface area (TPSA) is 134 Å². The number of H-pyrrole nitrogens is 1. The number of nitrogens with zero attached hydrogens (tertiary/aromatic N) is 3. The highest BCUT2D eigenvalue weighted by Gasteiger charge is 2.58. The summed E-state index contributed by atoms with van der Waals surface area (Å²) in [5.74, 6) is 0.772. The Labute approximate surface area is 212 Å². The number of rotatable bonds is 5. The number of thiazole rings is 1. The molecule has 1 aromatic carbocycles. The SMILES string of the molecule is Cc1cnc(NC(=O)CCC2c3cn[nH]c3C3(C)CCC4c5ccc(O)c([N+](=O)[O-])c5CCC4C23)s1. The summed E-state index contributed by atoms with van der Waals surface area (Å²) in [7, 11) is 0. The lowest BCUT2D eigenvalue weighted by atomic mass is 9.53. The van der Waals surface area contributed by atoms with Gasteiger partial charge in [0.05, 0.1) is 11.1 Å². The van der Waals surface area contributed by atoms with E-state index in [1.807, 2.05) is 19.2 Å². The van der Waals surface area contributed by atoms with Crippen LogP contribution in [0, 0.1) is 28.9 Å². The Morgan fingerprint density at radius 1 is 1.33 bits per heavy atom. The molecule has 3 aliphatic rings. The molecule has 0 radical (unpaired) electrons. The number of benzene rings is 1. The minimum absolute atomic E-state index is 0.0320. The minimum atomic E-state index is -0.446. The molecule has 36 heavy (non-hydrogen) atoms. The van der Waals surface area contributed by atoms with Crippen LogP contribution in [-0.4, -0.2) is 31.1 Å². The molecule has 1 amide bonds. The second-order valence-corrected chi connectivity index (χ2v) is 12.0. The van der Waals surface area contributed by atoms with Gasteiger partial charge in [-0.2, -0.15) is 5.10 Å². The highest BCUT2D eigenvalue weighted by Crippen LogP contribution is 2.65. The van der Waals surface area contributed by atoms with Crippen molar-refractivity contribution in [1.82, 2.24) is 15.2 Å². The molecule has 1 fully saturated rings. The van der Waals surface area contributed by atoms with Gasteiger partial charge in [-0.1, -0.05) is 13.0 Å². The maximum absolute atomic E-state index is 12.8. The number of aryl methyl sites for hydroxylation is 1. The third-order valence-electron chi connectivity index (χ3n) is 8.92. The number of phenols is 1. The van der Waals surface area contributed by atoms with Crippen LogP contribution in [0.4, 0.5) is 10.8 Å². The number of nitrogens with one attached hydrogen (secondary N) is 2. The fourth-order valence-electron chi connectivity index (χ4n) is 7.57. The zero-order valence-electron chi connectivity index (χ0n) is 20.3. The molecule has 0 aliphatic heterocycles. The first-order chi connectivity index (χ1) is 17.3. The van der Waals surface area contributed by atoms with Crippen LogP contribution in [-0.2, 0) is 16.6 Å². The molecule has 5 unspecified atom stereocenters. The maximum Gasteiger partial charge on any atom is 0.314 e. The average Bonchev–Trinajstić information content (AvgIpc) is 3.53. The number of carbonyl (C=O) groups is 1. The highest BCUT2D eigenvalue weighted by molar-refractivity contribution is 7.15. The van der Waals surface area contributed by atoms with E-state index in [0.29, 0.717) is 35.4 Å². The normalized spacial score (nSPS) is 28.1. The number of carbonyl (C=O) groups excluding carboxylic acids is 1. The molecule has 0 spiro atoms. The number of aromatic hydroxyl groups is 1. The summed E-state index contributed by atoms with van der Waals surface area (Å²) in [6.07, 6.45) is 8.10. The van der Waals surface area contributed by atoms with Crippen molar-refractivity contribution in [3.63, 3.8) is 0 Å². The van der Waals surface area contributed by atoms with Gasteiger partial charge < -0.3 is 10.4 Å². The molecule has 2 heterocycles. The molecule has 5 atom stereocenters. The Hall–Kier alpha value is -3.27. The van der Waals surface area contributed by atoms with Crippen molar-refractivity contribution in [2.24, 2.45) is 11.8 Å². The number of aromatic amines is 1.